The first kappa shape index (κ1) is 20.1. The molecule has 0 amide bonds. The molecule has 1 heterocycles. The van der Waals surface area contributed by atoms with Crippen molar-refractivity contribution in [2.45, 2.75) is 18.1 Å². The topological polar surface area (TPSA) is 48.4 Å². The van der Waals surface area contributed by atoms with E-state index >= 15 is 0 Å². The second-order valence-corrected chi connectivity index (χ2v) is 6.48. The number of carbonyl (C=O) groups is 1. The molecule has 4 nitrogen and oxygen atoms in total. The average molecular weight is 454 g/mol. The van der Waals surface area contributed by atoms with Crippen LogP contribution < -0.4 is 4.74 Å². The third kappa shape index (κ3) is 4.44. The Morgan fingerprint density at radius 3 is 2.50 bits per heavy atom. The number of pyridine rings is 1. The average Bonchev–Trinajstić information content (AvgIpc) is 2.67. The smallest absolute Gasteiger partial charge is 0.469 e. The van der Waals surface area contributed by atoms with Crippen LogP contribution in [0.2, 0.25) is 0 Å². The molecular weight excluding hydrogens is 439 g/mol. The maximum Gasteiger partial charge on any atom is 0.573 e. The lowest BCUT2D eigenvalue weighted by atomic mass is 9.93. The number of benzene rings is 2. The third-order valence-electron chi connectivity index (χ3n) is 4.19. The van der Waals surface area contributed by atoms with E-state index in [1.807, 2.05) is 12.1 Å². The fourth-order valence-electron chi connectivity index (χ4n) is 2.97. The summed E-state index contributed by atoms with van der Waals surface area (Å²) in [5, 5.41) is 1.28. The van der Waals surface area contributed by atoms with E-state index in [1.54, 1.807) is 24.4 Å². The van der Waals surface area contributed by atoms with Gasteiger partial charge in [0.1, 0.15) is 5.75 Å². The van der Waals surface area contributed by atoms with Gasteiger partial charge in [0, 0.05) is 22.5 Å². The number of esters is 1. The Kier molecular flexibility index (Phi) is 5.88. The van der Waals surface area contributed by atoms with Crippen molar-refractivity contribution in [2.24, 2.45) is 0 Å². The van der Waals surface area contributed by atoms with Crippen molar-refractivity contribution in [1.29, 1.82) is 0 Å². The fraction of sp³-hybridized carbons (Fsp3) is 0.200. The Morgan fingerprint density at radius 1 is 1.18 bits per heavy atom. The molecule has 146 valence electrons. The van der Waals surface area contributed by atoms with Gasteiger partial charge in [-0.25, -0.2) is 0 Å². The van der Waals surface area contributed by atoms with Crippen LogP contribution in [0.4, 0.5) is 13.2 Å². The van der Waals surface area contributed by atoms with Crippen LogP contribution in [-0.4, -0.2) is 24.4 Å². The van der Waals surface area contributed by atoms with Crippen LogP contribution >= 0.6 is 15.9 Å². The number of alkyl halides is 4. The largest absolute Gasteiger partial charge is 0.573 e. The maximum atomic E-state index is 12.4. The summed E-state index contributed by atoms with van der Waals surface area (Å²) in [5.41, 5.74) is 3.75. The van der Waals surface area contributed by atoms with Gasteiger partial charge in [-0.05, 0) is 41.0 Å². The van der Waals surface area contributed by atoms with E-state index in [0.717, 1.165) is 22.1 Å². The van der Waals surface area contributed by atoms with Crippen molar-refractivity contribution in [3.8, 4) is 16.9 Å². The number of fused-ring (bicyclic) bond motifs is 1. The van der Waals surface area contributed by atoms with Crippen LogP contribution in [0.15, 0.2) is 48.7 Å². The number of hydrogen-bond acceptors (Lipinski definition) is 4. The zero-order valence-electron chi connectivity index (χ0n) is 14.7. The molecule has 0 N–H and O–H groups in total. The standard InChI is InChI=1S/C20H15BrF3NO3/c1-27-18(26)10-16-13(11-21)9-17(19-15(16)3-2-8-25-19)12-4-6-14(7-5-12)28-20(22,23)24/h2-9H,10-11H2,1H3. The van der Waals surface area contributed by atoms with Crippen LogP contribution in [0.1, 0.15) is 11.1 Å². The highest BCUT2D eigenvalue weighted by Crippen LogP contribution is 2.34. The van der Waals surface area contributed by atoms with Crippen molar-refractivity contribution < 1.29 is 27.4 Å². The first-order chi connectivity index (χ1) is 13.3. The maximum absolute atomic E-state index is 12.4. The van der Waals surface area contributed by atoms with Gasteiger partial charge in [0.15, 0.2) is 0 Å². The molecule has 0 aliphatic carbocycles. The first-order valence-corrected chi connectivity index (χ1v) is 9.33. The minimum absolute atomic E-state index is 0.0955. The van der Waals surface area contributed by atoms with Gasteiger partial charge < -0.3 is 9.47 Å². The van der Waals surface area contributed by atoms with Gasteiger partial charge in [-0.1, -0.05) is 34.1 Å². The molecular formula is C20H15BrF3NO3. The molecule has 28 heavy (non-hydrogen) atoms. The second-order valence-electron chi connectivity index (χ2n) is 5.92. The van der Waals surface area contributed by atoms with Crippen molar-refractivity contribution in [2.75, 3.05) is 7.11 Å². The summed E-state index contributed by atoms with van der Waals surface area (Å²) in [5.74, 6) is -0.662. The highest BCUT2D eigenvalue weighted by molar-refractivity contribution is 9.08. The van der Waals surface area contributed by atoms with Crippen LogP contribution in [0.5, 0.6) is 5.75 Å². The van der Waals surface area contributed by atoms with E-state index in [0.29, 0.717) is 16.4 Å². The van der Waals surface area contributed by atoms with E-state index in [1.165, 1.54) is 19.2 Å². The van der Waals surface area contributed by atoms with Crippen molar-refractivity contribution in [1.82, 2.24) is 4.98 Å². The van der Waals surface area contributed by atoms with Gasteiger partial charge in [-0.15, -0.1) is 13.2 Å². The summed E-state index contributed by atoms with van der Waals surface area (Å²) < 4.78 is 45.8. The van der Waals surface area contributed by atoms with E-state index in [-0.39, 0.29) is 18.1 Å². The lowest BCUT2D eigenvalue weighted by Gasteiger charge is -2.15. The number of nitrogens with zero attached hydrogens (tertiary/aromatic N) is 1. The van der Waals surface area contributed by atoms with Crippen LogP contribution in [0.3, 0.4) is 0 Å². The number of hydrogen-bond donors (Lipinski definition) is 0. The Morgan fingerprint density at radius 2 is 1.89 bits per heavy atom. The minimum Gasteiger partial charge on any atom is -0.469 e. The molecule has 0 unspecified atom stereocenters. The number of ether oxygens (including phenoxy) is 2. The molecule has 2 aromatic carbocycles. The van der Waals surface area contributed by atoms with Gasteiger partial charge in [0.25, 0.3) is 0 Å². The summed E-state index contributed by atoms with van der Waals surface area (Å²) in [6, 6.07) is 11.1. The second kappa shape index (κ2) is 8.18. The Balaban J connectivity index is 2.12. The summed E-state index contributed by atoms with van der Waals surface area (Å²) in [6.45, 7) is 0. The normalized spacial score (nSPS) is 11.5. The molecule has 1 aromatic heterocycles. The number of aromatic nitrogens is 1. The lowest BCUT2D eigenvalue weighted by molar-refractivity contribution is -0.274. The molecule has 0 radical (unpaired) electrons. The van der Waals surface area contributed by atoms with E-state index in [2.05, 4.69) is 25.7 Å². The molecule has 3 rings (SSSR count). The van der Waals surface area contributed by atoms with E-state index in [4.69, 9.17) is 4.74 Å². The molecule has 3 aromatic rings. The summed E-state index contributed by atoms with van der Waals surface area (Å²) in [4.78, 5) is 16.3. The van der Waals surface area contributed by atoms with Crippen molar-refractivity contribution in [3.63, 3.8) is 0 Å². The summed E-state index contributed by atoms with van der Waals surface area (Å²) in [7, 11) is 1.33. The van der Waals surface area contributed by atoms with Crippen LogP contribution in [-0.2, 0) is 21.3 Å². The Bertz CT molecular complexity index is 1000. The molecule has 0 spiro atoms. The highest BCUT2D eigenvalue weighted by Gasteiger charge is 2.31. The third-order valence-corrected chi connectivity index (χ3v) is 4.79. The number of halogens is 4. The summed E-state index contributed by atoms with van der Waals surface area (Å²) in [6.07, 6.45) is -3.02. The quantitative estimate of drug-likeness (QED) is 0.382. The van der Waals surface area contributed by atoms with Crippen LogP contribution in [0.25, 0.3) is 22.0 Å². The van der Waals surface area contributed by atoms with Crippen LogP contribution in [0, 0.1) is 0 Å². The Hall–Kier alpha value is -2.61. The lowest BCUT2D eigenvalue weighted by Crippen LogP contribution is -2.16. The zero-order valence-corrected chi connectivity index (χ0v) is 16.3. The van der Waals surface area contributed by atoms with Crippen molar-refractivity contribution in [3.05, 3.63) is 59.8 Å². The molecule has 0 atom stereocenters. The SMILES string of the molecule is COC(=O)Cc1c(CBr)cc(-c2ccc(OC(F)(F)F)cc2)c2ncccc12. The molecule has 0 fully saturated rings. The van der Waals surface area contributed by atoms with Gasteiger partial charge in [0.2, 0.25) is 0 Å². The van der Waals surface area contributed by atoms with E-state index in [9.17, 15) is 18.0 Å². The van der Waals surface area contributed by atoms with Gasteiger partial charge in [0.05, 0.1) is 19.0 Å². The monoisotopic (exact) mass is 453 g/mol. The number of methoxy groups -OCH3 is 1. The predicted molar refractivity (Wildman–Crippen MR) is 102 cm³/mol. The van der Waals surface area contributed by atoms with Gasteiger partial charge in [-0.3, -0.25) is 9.78 Å². The Labute approximate surface area is 167 Å². The highest BCUT2D eigenvalue weighted by atomic mass is 79.9. The van der Waals surface area contributed by atoms with Gasteiger partial charge >= 0.3 is 12.3 Å². The molecule has 0 saturated heterocycles. The molecule has 0 bridgehead atoms. The zero-order chi connectivity index (χ0) is 20.3. The number of rotatable bonds is 5. The fourth-order valence-corrected chi connectivity index (χ4v) is 3.47. The minimum atomic E-state index is -4.74. The summed E-state index contributed by atoms with van der Waals surface area (Å²) >= 11 is 3.44. The molecule has 0 aliphatic rings. The molecule has 0 saturated carbocycles. The first-order valence-electron chi connectivity index (χ1n) is 8.21. The van der Waals surface area contributed by atoms with Gasteiger partial charge in [-0.2, -0.15) is 0 Å². The van der Waals surface area contributed by atoms with Crippen molar-refractivity contribution >= 4 is 32.8 Å². The predicted octanol–water partition coefficient (Wildman–Crippen LogP) is 5.41. The molecule has 8 heteroatoms. The number of carbonyl (C=O) groups excluding carboxylic acids is 1. The molecule has 0 aliphatic heterocycles. The van der Waals surface area contributed by atoms with E-state index < -0.39 is 6.36 Å².